The van der Waals surface area contributed by atoms with Crippen molar-refractivity contribution in [1.29, 1.82) is 0 Å². The lowest BCUT2D eigenvalue weighted by atomic mass is 10.2. The molecule has 0 N–H and O–H groups in total. The smallest absolute Gasteiger partial charge is 0.306 e. The van der Waals surface area contributed by atoms with Gasteiger partial charge in [-0.3, -0.25) is 14.2 Å². The van der Waals surface area contributed by atoms with Gasteiger partial charge in [0.1, 0.15) is 18.2 Å². The lowest BCUT2D eigenvalue weighted by Crippen LogP contribution is -2.16. The van der Waals surface area contributed by atoms with Crippen LogP contribution in [0.2, 0.25) is 5.02 Å². The third-order valence-corrected chi connectivity index (χ3v) is 5.56. The van der Waals surface area contributed by atoms with Crippen molar-refractivity contribution in [3.63, 3.8) is 0 Å². The van der Waals surface area contributed by atoms with E-state index in [1.54, 1.807) is 35.9 Å². The molecule has 7 nitrogen and oxygen atoms in total. The van der Waals surface area contributed by atoms with E-state index in [0.717, 1.165) is 28.1 Å². The van der Waals surface area contributed by atoms with Gasteiger partial charge in [-0.05, 0) is 48.9 Å². The lowest BCUT2D eigenvalue weighted by Gasteiger charge is -2.10. The van der Waals surface area contributed by atoms with Gasteiger partial charge in [-0.2, -0.15) is 0 Å². The van der Waals surface area contributed by atoms with E-state index in [1.165, 1.54) is 6.07 Å². The molecule has 0 bridgehead atoms. The highest BCUT2D eigenvalue weighted by molar-refractivity contribution is 6.30. The van der Waals surface area contributed by atoms with Crippen LogP contribution in [0.1, 0.15) is 24.7 Å². The fourth-order valence-electron chi connectivity index (χ4n) is 3.56. The van der Waals surface area contributed by atoms with Gasteiger partial charge in [0.25, 0.3) is 5.56 Å². The van der Waals surface area contributed by atoms with Crippen molar-refractivity contribution in [2.24, 2.45) is 7.05 Å². The number of aromatic nitrogens is 3. The molecule has 0 spiro atoms. The molecule has 2 aromatic heterocycles. The Labute approximate surface area is 196 Å². The van der Waals surface area contributed by atoms with Gasteiger partial charge in [0.2, 0.25) is 0 Å². The molecule has 0 aliphatic heterocycles. The first-order chi connectivity index (χ1) is 15.9. The van der Waals surface area contributed by atoms with E-state index in [2.05, 4.69) is 4.98 Å². The SMILES string of the molecule is CCOC(=O)CCc1nc2ccc(-n3ccc(OCc4ccc(Cl)cc4)cc3=O)cc2n1C. The Hall–Kier alpha value is -3.58. The maximum Gasteiger partial charge on any atom is 0.306 e. The minimum absolute atomic E-state index is 0.201. The number of benzene rings is 2. The zero-order valence-corrected chi connectivity index (χ0v) is 19.2. The van der Waals surface area contributed by atoms with Crippen LogP contribution in [-0.2, 0) is 29.6 Å². The van der Waals surface area contributed by atoms with Gasteiger partial charge in [-0.1, -0.05) is 23.7 Å². The predicted molar refractivity (Wildman–Crippen MR) is 127 cm³/mol. The summed E-state index contributed by atoms with van der Waals surface area (Å²) in [5, 5.41) is 0.665. The highest BCUT2D eigenvalue weighted by atomic mass is 35.5. The first kappa shape index (κ1) is 22.6. The minimum Gasteiger partial charge on any atom is -0.489 e. The van der Waals surface area contributed by atoms with Gasteiger partial charge in [0.15, 0.2) is 0 Å². The second-order valence-corrected chi connectivity index (χ2v) is 7.99. The van der Waals surface area contributed by atoms with Crippen molar-refractivity contribution in [2.45, 2.75) is 26.4 Å². The summed E-state index contributed by atoms with van der Waals surface area (Å²) in [5.74, 6) is 1.04. The number of rotatable bonds is 8. The number of imidazole rings is 1. The quantitative estimate of drug-likeness (QED) is 0.359. The van der Waals surface area contributed by atoms with Crippen LogP contribution < -0.4 is 10.3 Å². The Bertz CT molecular complexity index is 1340. The van der Waals surface area contributed by atoms with E-state index in [0.29, 0.717) is 30.4 Å². The monoisotopic (exact) mass is 465 g/mol. The molecule has 4 aromatic rings. The zero-order valence-electron chi connectivity index (χ0n) is 18.5. The number of nitrogens with zero attached hydrogens (tertiary/aromatic N) is 3. The van der Waals surface area contributed by atoms with Crippen molar-refractivity contribution in [3.05, 3.63) is 87.6 Å². The fraction of sp³-hybridized carbons (Fsp3) is 0.240. The van der Waals surface area contributed by atoms with E-state index in [4.69, 9.17) is 21.1 Å². The van der Waals surface area contributed by atoms with Crippen molar-refractivity contribution in [1.82, 2.24) is 14.1 Å². The van der Waals surface area contributed by atoms with Gasteiger partial charge in [0.05, 0.1) is 29.7 Å². The van der Waals surface area contributed by atoms with Gasteiger partial charge >= 0.3 is 5.97 Å². The summed E-state index contributed by atoms with van der Waals surface area (Å²) in [5.41, 5.74) is 3.16. The summed E-state index contributed by atoms with van der Waals surface area (Å²) >= 11 is 5.90. The first-order valence-electron chi connectivity index (χ1n) is 10.7. The average molecular weight is 466 g/mol. The Morgan fingerprint density at radius 3 is 2.61 bits per heavy atom. The molecule has 2 aromatic carbocycles. The van der Waals surface area contributed by atoms with Crippen LogP contribution in [-0.4, -0.2) is 26.7 Å². The third-order valence-electron chi connectivity index (χ3n) is 5.30. The number of halogens is 1. The Morgan fingerprint density at radius 2 is 1.88 bits per heavy atom. The number of ether oxygens (including phenoxy) is 2. The molecule has 0 unspecified atom stereocenters. The summed E-state index contributed by atoms with van der Waals surface area (Å²) in [6, 6.07) is 16.2. The van der Waals surface area contributed by atoms with E-state index in [1.807, 2.05) is 41.9 Å². The maximum absolute atomic E-state index is 12.8. The van der Waals surface area contributed by atoms with Crippen LogP contribution in [0.5, 0.6) is 5.75 Å². The van der Waals surface area contributed by atoms with E-state index >= 15 is 0 Å². The molecule has 0 aliphatic carbocycles. The highest BCUT2D eigenvalue weighted by Gasteiger charge is 2.12. The number of fused-ring (bicyclic) bond motifs is 1. The molecule has 0 saturated heterocycles. The van der Waals surface area contributed by atoms with Gasteiger partial charge in [0, 0.05) is 30.8 Å². The van der Waals surface area contributed by atoms with Crippen LogP contribution in [0.3, 0.4) is 0 Å². The second kappa shape index (κ2) is 9.92. The van der Waals surface area contributed by atoms with E-state index < -0.39 is 0 Å². The topological polar surface area (TPSA) is 75.3 Å². The molecule has 0 amide bonds. The number of carbonyl (C=O) groups excluding carboxylic acids is 1. The number of aryl methyl sites for hydroxylation is 2. The number of esters is 1. The van der Waals surface area contributed by atoms with Crippen molar-refractivity contribution in [2.75, 3.05) is 6.61 Å². The van der Waals surface area contributed by atoms with Crippen LogP contribution >= 0.6 is 11.6 Å². The normalized spacial score (nSPS) is 11.0. The molecule has 0 saturated carbocycles. The highest BCUT2D eigenvalue weighted by Crippen LogP contribution is 2.20. The Balaban J connectivity index is 1.52. The van der Waals surface area contributed by atoms with Gasteiger partial charge in [-0.25, -0.2) is 4.98 Å². The molecule has 170 valence electrons. The number of hydrogen-bond acceptors (Lipinski definition) is 5. The van der Waals surface area contributed by atoms with Crippen molar-refractivity contribution < 1.29 is 14.3 Å². The molecule has 8 heteroatoms. The standard InChI is InChI=1S/C25H24ClN3O4/c1-3-32-25(31)11-10-23-27-21-9-8-19(14-22(21)28(23)2)29-13-12-20(15-24(29)30)33-16-17-4-6-18(26)7-5-17/h4-9,12-15H,3,10-11,16H2,1-2H3. The van der Waals surface area contributed by atoms with Crippen LogP contribution in [0.4, 0.5) is 0 Å². The van der Waals surface area contributed by atoms with Crippen molar-refractivity contribution in [3.8, 4) is 11.4 Å². The van der Waals surface area contributed by atoms with Crippen molar-refractivity contribution >= 4 is 28.6 Å². The van der Waals surface area contributed by atoms with Gasteiger partial charge in [-0.15, -0.1) is 0 Å². The zero-order chi connectivity index (χ0) is 23.4. The molecule has 4 rings (SSSR count). The first-order valence-corrected chi connectivity index (χ1v) is 11.0. The summed E-state index contributed by atoms with van der Waals surface area (Å²) in [4.78, 5) is 29.0. The summed E-state index contributed by atoms with van der Waals surface area (Å²) in [6.07, 6.45) is 2.45. The lowest BCUT2D eigenvalue weighted by molar-refractivity contribution is -0.143. The van der Waals surface area contributed by atoms with E-state index in [-0.39, 0.29) is 17.9 Å². The third kappa shape index (κ3) is 5.26. The van der Waals surface area contributed by atoms with Crippen LogP contribution in [0.15, 0.2) is 65.6 Å². The molecular weight excluding hydrogens is 442 g/mol. The largest absolute Gasteiger partial charge is 0.489 e. The summed E-state index contributed by atoms with van der Waals surface area (Å²) in [7, 11) is 1.90. The second-order valence-electron chi connectivity index (χ2n) is 7.55. The average Bonchev–Trinajstić information content (AvgIpc) is 3.12. The van der Waals surface area contributed by atoms with Gasteiger partial charge < -0.3 is 14.0 Å². The molecule has 0 aliphatic rings. The molecular formula is C25H24ClN3O4. The molecule has 0 atom stereocenters. The summed E-state index contributed by atoms with van der Waals surface area (Å²) in [6.45, 7) is 2.50. The maximum atomic E-state index is 12.8. The molecule has 2 heterocycles. The number of pyridine rings is 1. The Kier molecular flexibility index (Phi) is 6.79. The predicted octanol–water partition coefficient (Wildman–Crippen LogP) is 4.45. The molecule has 0 radical (unpaired) electrons. The summed E-state index contributed by atoms with van der Waals surface area (Å²) < 4.78 is 14.2. The minimum atomic E-state index is -0.241. The molecule has 33 heavy (non-hydrogen) atoms. The molecule has 0 fully saturated rings. The fourth-order valence-corrected chi connectivity index (χ4v) is 3.69. The number of hydrogen-bond donors (Lipinski definition) is 0. The van der Waals surface area contributed by atoms with Crippen LogP contribution in [0.25, 0.3) is 16.7 Å². The van der Waals surface area contributed by atoms with E-state index in [9.17, 15) is 9.59 Å². The van der Waals surface area contributed by atoms with Crippen LogP contribution in [0, 0.1) is 0 Å². The Morgan fingerprint density at radius 1 is 1.09 bits per heavy atom. The number of carbonyl (C=O) groups is 1.